The molecule has 2 N–H and O–H groups in total. The molecule has 1 aliphatic rings. The number of hydrogen-bond acceptors (Lipinski definition) is 7. The minimum atomic E-state index is -1.08. The monoisotopic (exact) mass is 553 g/mol. The lowest BCUT2D eigenvalue weighted by atomic mass is 9.81. The zero-order valence-corrected chi connectivity index (χ0v) is 20.3. The molecule has 1 unspecified atom stereocenters. The number of nitrogens with two attached hydrogens (primary N) is 1. The van der Waals surface area contributed by atoms with Crippen molar-refractivity contribution in [2.75, 3.05) is 19.1 Å². The van der Waals surface area contributed by atoms with Crippen LogP contribution in [0.4, 0.5) is 10.1 Å². The van der Waals surface area contributed by atoms with Crippen molar-refractivity contribution in [2.24, 2.45) is 5.73 Å². The van der Waals surface area contributed by atoms with Crippen molar-refractivity contribution in [1.29, 1.82) is 5.26 Å². The average Bonchev–Trinajstić information content (AvgIpc) is 2.82. The molecule has 0 radical (unpaired) electrons. The number of rotatable bonds is 4. The molecule has 1 heterocycles. The van der Waals surface area contributed by atoms with Gasteiger partial charge in [0, 0.05) is 4.47 Å². The number of nitriles is 1. The van der Waals surface area contributed by atoms with Gasteiger partial charge in [0.05, 0.1) is 53.1 Å². The summed E-state index contributed by atoms with van der Waals surface area (Å²) < 4.78 is 25.2. The summed E-state index contributed by atoms with van der Waals surface area (Å²) in [5.74, 6) is -4.39. The third kappa shape index (κ3) is 4.17. The van der Waals surface area contributed by atoms with Crippen LogP contribution in [0.5, 0.6) is 0 Å². The van der Waals surface area contributed by atoms with Crippen LogP contribution in [0.15, 0.2) is 63.5 Å². The minimum absolute atomic E-state index is 0.0541. The predicted octanol–water partition coefficient (Wildman–Crippen LogP) is 4.79. The van der Waals surface area contributed by atoms with Gasteiger partial charge in [0.15, 0.2) is 5.82 Å². The van der Waals surface area contributed by atoms with E-state index in [1.807, 2.05) is 6.07 Å². The molecule has 0 aromatic heterocycles. The van der Waals surface area contributed by atoms with Gasteiger partial charge in [-0.15, -0.1) is 0 Å². The number of anilines is 1. The van der Waals surface area contributed by atoms with Crippen LogP contribution in [-0.2, 0) is 19.1 Å². The number of hydrogen-bond donors (Lipinski definition) is 1. The van der Waals surface area contributed by atoms with Gasteiger partial charge >= 0.3 is 11.9 Å². The van der Waals surface area contributed by atoms with Gasteiger partial charge in [-0.25, -0.2) is 14.0 Å². The number of methoxy groups -OCH3 is 2. The van der Waals surface area contributed by atoms with Crippen LogP contribution in [0, 0.1) is 17.1 Å². The normalized spacial score (nSPS) is 15.9. The van der Waals surface area contributed by atoms with Crippen molar-refractivity contribution in [3.8, 4) is 6.07 Å². The Morgan fingerprint density at radius 3 is 2.33 bits per heavy atom. The van der Waals surface area contributed by atoms with Gasteiger partial charge in [-0.2, -0.15) is 5.26 Å². The van der Waals surface area contributed by atoms with E-state index < -0.39 is 34.4 Å². The third-order valence-electron chi connectivity index (χ3n) is 4.92. The SMILES string of the molecule is COC(=O)C1=C(C(=O)OC)N(c2c(Br)cc(Cl)c(Cl)c2F)C(N)=C(C#N)C1c1ccccc1. The summed E-state index contributed by atoms with van der Waals surface area (Å²) in [5, 5.41) is 9.43. The first-order valence-electron chi connectivity index (χ1n) is 9.18. The highest BCUT2D eigenvalue weighted by Crippen LogP contribution is 2.47. The maximum Gasteiger partial charge on any atom is 0.355 e. The van der Waals surface area contributed by atoms with Crippen molar-refractivity contribution in [2.45, 2.75) is 5.92 Å². The van der Waals surface area contributed by atoms with E-state index in [1.54, 1.807) is 30.3 Å². The molecule has 1 atom stereocenters. The molecule has 0 fully saturated rings. The lowest BCUT2D eigenvalue weighted by molar-refractivity contribution is -0.139. The summed E-state index contributed by atoms with van der Waals surface area (Å²) in [6.45, 7) is 0. The first-order valence-corrected chi connectivity index (χ1v) is 10.7. The molecular formula is C22H15BrCl2FN3O4. The van der Waals surface area contributed by atoms with Crippen LogP contribution < -0.4 is 10.6 Å². The number of halogens is 4. The lowest BCUT2D eigenvalue weighted by Crippen LogP contribution is -2.41. The molecule has 2 aromatic rings. The minimum Gasteiger partial charge on any atom is -0.466 e. The summed E-state index contributed by atoms with van der Waals surface area (Å²) in [7, 11) is 2.19. The Balaban J connectivity index is 2.50. The molecule has 0 saturated heterocycles. The average molecular weight is 555 g/mol. The highest BCUT2D eigenvalue weighted by molar-refractivity contribution is 9.10. The van der Waals surface area contributed by atoms with Gasteiger partial charge < -0.3 is 15.2 Å². The maximum atomic E-state index is 15.3. The van der Waals surface area contributed by atoms with Gasteiger partial charge in [0.1, 0.15) is 11.5 Å². The van der Waals surface area contributed by atoms with E-state index in [0.29, 0.717) is 5.56 Å². The molecule has 170 valence electrons. The highest BCUT2D eigenvalue weighted by Gasteiger charge is 2.44. The summed E-state index contributed by atoms with van der Waals surface area (Å²) in [4.78, 5) is 26.9. The number of benzene rings is 2. The molecule has 0 saturated carbocycles. The zero-order chi connectivity index (χ0) is 24.4. The molecular weight excluding hydrogens is 540 g/mol. The number of ether oxygens (including phenoxy) is 2. The summed E-state index contributed by atoms with van der Waals surface area (Å²) in [6, 6.07) is 11.7. The van der Waals surface area contributed by atoms with Gasteiger partial charge in [0.25, 0.3) is 0 Å². The molecule has 1 aliphatic heterocycles. The molecule has 3 rings (SSSR count). The Kier molecular flexibility index (Phi) is 7.32. The zero-order valence-electron chi connectivity index (χ0n) is 17.2. The molecule has 11 heteroatoms. The van der Waals surface area contributed by atoms with Gasteiger partial charge in [-0.05, 0) is 27.6 Å². The smallest absolute Gasteiger partial charge is 0.355 e. The quantitative estimate of drug-likeness (QED) is 0.329. The standard InChI is InChI=1S/C22H15BrCl2FN3O4/c1-32-21(30)15-14(10-6-4-3-5-7-10)11(9-27)20(28)29(19(15)22(31)33-2)18-12(23)8-13(24)16(25)17(18)26/h3-8,14H,28H2,1-2H3. The van der Waals surface area contributed by atoms with Crippen molar-refractivity contribution in [3.63, 3.8) is 0 Å². The van der Waals surface area contributed by atoms with E-state index in [1.165, 1.54) is 6.07 Å². The molecule has 33 heavy (non-hydrogen) atoms. The van der Waals surface area contributed by atoms with E-state index in [9.17, 15) is 14.9 Å². The van der Waals surface area contributed by atoms with Crippen molar-refractivity contribution in [1.82, 2.24) is 0 Å². The molecule has 0 spiro atoms. The Bertz CT molecular complexity index is 1260. The fraction of sp³-hybridized carbons (Fsp3) is 0.136. The molecule has 0 aliphatic carbocycles. The summed E-state index contributed by atoms with van der Waals surface area (Å²) in [5.41, 5.74) is 5.64. The van der Waals surface area contributed by atoms with E-state index in [4.69, 9.17) is 38.4 Å². The number of carbonyl (C=O) groups is 2. The number of carbonyl (C=O) groups excluding carboxylic acids is 2. The molecule has 0 amide bonds. The fourth-order valence-electron chi connectivity index (χ4n) is 3.51. The second-order valence-corrected chi connectivity index (χ2v) is 8.29. The Labute approximate surface area is 206 Å². The maximum absolute atomic E-state index is 15.3. The van der Waals surface area contributed by atoms with Crippen LogP contribution in [-0.4, -0.2) is 26.2 Å². The van der Waals surface area contributed by atoms with Crippen molar-refractivity contribution < 1.29 is 23.5 Å². The van der Waals surface area contributed by atoms with E-state index in [2.05, 4.69) is 15.9 Å². The predicted molar refractivity (Wildman–Crippen MR) is 124 cm³/mol. The molecule has 7 nitrogen and oxygen atoms in total. The van der Waals surface area contributed by atoms with E-state index >= 15 is 4.39 Å². The Morgan fingerprint density at radius 1 is 1.18 bits per heavy atom. The van der Waals surface area contributed by atoms with Gasteiger partial charge in [0.2, 0.25) is 0 Å². The van der Waals surface area contributed by atoms with Crippen LogP contribution in [0.1, 0.15) is 11.5 Å². The first-order chi connectivity index (χ1) is 15.7. The summed E-state index contributed by atoms with van der Waals surface area (Å²) >= 11 is 15.2. The van der Waals surface area contributed by atoms with E-state index in [-0.39, 0.29) is 32.1 Å². The highest BCUT2D eigenvalue weighted by atomic mass is 79.9. The lowest BCUT2D eigenvalue weighted by Gasteiger charge is -2.36. The number of esters is 2. The fourth-order valence-corrected chi connectivity index (χ4v) is 4.56. The molecule has 2 aromatic carbocycles. The molecule has 0 bridgehead atoms. The topological polar surface area (TPSA) is 106 Å². The number of nitrogens with zero attached hydrogens (tertiary/aromatic N) is 2. The Morgan fingerprint density at radius 2 is 1.79 bits per heavy atom. The number of allylic oxidation sites excluding steroid dienone is 1. The van der Waals surface area contributed by atoms with Crippen molar-refractivity contribution >= 4 is 56.8 Å². The first kappa shape index (κ1) is 24.6. The van der Waals surface area contributed by atoms with E-state index in [0.717, 1.165) is 19.1 Å². The van der Waals surface area contributed by atoms with Crippen molar-refractivity contribution in [3.05, 3.63) is 85.0 Å². The summed E-state index contributed by atoms with van der Waals surface area (Å²) in [6.07, 6.45) is 0. The van der Waals surface area contributed by atoms with Gasteiger partial charge in [-0.3, -0.25) is 4.90 Å². The van der Waals surface area contributed by atoms with Crippen LogP contribution >= 0.6 is 39.1 Å². The largest absolute Gasteiger partial charge is 0.466 e. The van der Waals surface area contributed by atoms with Gasteiger partial charge in [-0.1, -0.05) is 53.5 Å². The Hall–Kier alpha value is -3.06. The second-order valence-electron chi connectivity index (χ2n) is 6.65. The van der Waals surface area contributed by atoms with Crippen LogP contribution in [0.2, 0.25) is 10.0 Å². The van der Waals surface area contributed by atoms with Crippen LogP contribution in [0.3, 0.4) is 0 Å². The third-order valence-corrected chi connectivity index (χ3v) is 6.29. The second kappa shape index (κ2) is 9.83. The van der Waals surface area contributed by atoms with Crippen LogP contribution in [0.25, 0.3) is 0 Å².